The van der Waals surface area contributed by atoms with Gasteiger partial charge in [0, 0.05) is 12.3 Å². The largest absolute Gasteiger partial charge is 0.479 e. The molecule has 8 heteroatoms. The van der Waals surface area contributed by atoms with Crippen molar-refractivity contribution in [1.29, 1.82) is 0 Å². The topological polar surface area (TPSA) is 46.2 Å². The predicted octanol–water partition coefficient (Wildman–Crippen LogP) is 4.98. The van der Waals surface area contributed by atoms with Crippen LogP contribution in [0, 0.1) is 23.7 Å². The highest BCUT2D eigenvalue weighted by molar-refractivity contribution is 8.22. The Morgan fingerprint density at radius 2 is 2.00 bits per heavy atom. The maximum absolute atomic E-state index is 6.57. The van der Waals surface area contributed by atoms with Gasteiger partial charge >= 0.3 is 0 Å². The molecule has 1 unspecified atom stereocenters. The van der Waals surface area contributed by atoms with Gasteiger partial charge in [-0.1, -0.05) is 25.6 Å². The van der Waals surface area contributed by atoms with Crippen LogP contribution in [0.2, 0.25) is 0 Å². The standard InChI is InChI=1S/C20H32O5S3/c1-12-6-7-15-13(2)16(28-11-5-10-21-18(26)27-4)22-17-20(15)14(12)8-9-19(3,23-17)24-25-20/h12-17H,5-11H2,1-4H3/t12-,13-,14+,15+,16+,17-,19?,20-/m1/s1. The zero-order chi connectivity index (χ0) is 19.9. The summed E-state index contributed by atoms with van der Waals surface area (Å²) in [5.74, 6) is 2.09. The van der Waals surface area contributed by atoms with Crippen LogP contribution in [0.4, 0.5) is 0 Å². The van der Waals surface area contributed by atoms with E-state index in [9.17, 15) is 0 Å². The molecule has 2 bridgehead atoms. The third-order valence-corrected chi connectivity index (χ3v) is 9.52. The summed E-state index contributed by atoms with van der Waals surface area (Å²) in [7, 11) is 0. The van der Waals surface area contributed by atoms with Crippen molar-refractivity contribution in [2.24, 2.45) is 23.7 Å². The lowest BCUT2D eigenvalue weighted by Gasteiger charge is -2.60. The van der Waals surface area contributed by atoms with Crippen molar-refractivity contribution in [3.8, 4) is 0 Å². The number of fused-ring (bicyclic) bond motifs is 2. The molecule has 5 fully saturated rings. The maximum atomic E-state index is 6.57. The average molecular weight is 449 g/mol. The van der Waals surface area contributed by atoms with Gasteiger partial charge in [0.05, 0.1) is 6.61 Å². The Balaban J connectivity index is 1.45. The smallest absolute Gasteiger partial charge is 0.219 e. The molecule has 0 aromatic heterocycles. The van der Waals surface area contributed by atoms with Gasteiger partial charge in [-0.3, -0.25) is 0 Å². The van der Waals surface area contributed by atoms with Gasteiger partial charge in [-0.2, -0.15) is 0 Å². The molecule has 0 radical (unpaired) electrons. The molecule has 28 heavy (non-hydrogen) atoms. The number of thioether (sulfide) groups is 2. The maximum Gasteiger partial charge on any atom is 0.219 e. The van der Waals surface area contributed by atoms with Gasteiger partial charge in [-0.05, 0) is 74.6 Å². The monoisotopic (exact) mass is 448 g/mol. The summed E-state index contributed by atoms with van der Waals surface area (Å²) in [5, 5.41) is 0. The fourth-order valence-electron chi connectivity index (χ4n) is 5.54. The fourth-order valence-corrected chi connectivity index (χ4v) is 7.01. The fraction of sp³-hybridized carbons (Fsp3) is 0.950. The molecular formula is C20H32O5S3. The van der Waals surface area contributed by atoms with E-state index in [4.69, 9.17) is 36.2 Å². The Bertz CT molecular complexity index is 592. The Labute approximate surface area is 182 Å². The van der Waals surface area contributed by atoms with Crippen LogP contribution in [0.1, 0.15) is 52.9 Å². The van der Waals surface area contributed by atoms with Crippen molar-refractivity contribution in [2.75, 3.05) is 18.6 Å². The van der Waals surface area contributed by atoms with Crippen LogP contribution >= 0.6 is 35.7 Å². The number of ether oxygens (including phenoxy) is 3. The SMILES string of the molecule is CSC(=S)OCCCS[C@@H]1O[C@@H]2OC3(C)CC[C@H]4[C@H](C)CC[C@@H]([C@H]1C)[C@@]24OO3. The van der Waals surface area contributed by atoms with Gasteiger partial charge in [0.25, 0.3) is 0 Å². The molecule has 1 spiro atoms. The first-order valence-electron chi connectivity index (χ1n) is 10.4. The summed E-state index contributed by atoms with van der Waals surface area (Å²) >= 11 is 8.43. The summed E-state index contributed by atoms with van der Waals surface area (Å²) in [4.78, 5) is 12.1. The molecule has 4 aliphatic heterocycles. The molecule has 4 saturated heterocycles. The lowest BCUT2D eigenvalue weighted by Crippen LogP contribution is -2.70. The van der Waals surface area contributed by atoms with E-state index < -0.39 is 11.4 Å². The van der Waals surface area contributed by atoms with Crippen molar-refractivity contribution >= 4 is 40.1 Å². The van der Waals surface area contributed by atoms with Crippen molar-refractivity contribution in [3.63, 3.8) is 0 Å². The Morgan fingerprint density at radius 1 is 1.18 bits per heavy atom. The first kappa shape index (κ1) is 21.7. The normalized spacial score (nSPS) is 47.3. The van der Waals surface area contributed by atoms with Crippen molar-refractivity contribution in [2.45, 2.75) is 76.0 Å². The molecule has 0 aromatic carbocycles. The first-order chi connectivity index (χ1) is 13.4. The highest BCUT2D eigenvalue weighted by Gasteiger charge is 2.69. The van der Waals surface area contributed by atoms with E-state index >= 15 is 0 Å². The summed E-state index contributed by atoms with van der Waals surface area (Å²) < 4.78 is 19.1. The molecule has 1 saturated carbocycles. The second-order valence-electron chi connectivity index (χ2n) is 8.80. The van der Waals surface area contributed by atoms with Crippen LogP contribution in [0.25, 0.3) is 0 Å². The third kappa shape index (κ3) is 3.76. The van der Waals surface area contributed by atoms with Gasteiger partial charge in [0.2, 0.25) is 10.2 Å². The summed E-state index contributed by atoms with van der Waals surface area (Å²) in [6.45, 7) is 7.30. The summed E-state index contributed by atoms with van der Waals surface area (Å²) in [6.07, 6.45) is 6.86. The van der Waals surface area contributed by atoms with Gasteiger partial charge in [0.15, 0.2) is 11.9 Å². The van der Waals surface area contributed by atoms with Crippen LogP contribution in [0.15, 0.2) is 0 Å². The predicted molar refractivity (Wildman–Crippen MR) is 116 cm³/mol. The minimum atomic E-state index is -0.700. The lowest BCUT2D eigenvalue weighted by molar-refractivity contribution is -0.568. The first-order valence-corrected chi connectivity index (χ1v) is 13.1. The van der Waals surface area contributed by atoms with Crippen molar-refractivity contribution in [1.82, 2.24) is 0 Å². The zero-order valence-electron chi connectivity index (χ0n) is 17.2. The van der Waals surface area contributed by atoms with E-state index in [1.807, 2.05) is 24.9 Å². The van der Waals surface area contributed by atoms with Crippen molar-refractivity contribution < 1.29 is 24.0 Å². The van der Waals surface area contributed by atoms with Gasteiger partial charge in [-0.25, -0.2) is 9.78 Å². The van der Waals surface area contributed by atoms with E-state index in [1.165, 1.54) is 18.2 Å². The van der Waals surface area contributed by atoms with Crippen LogP contribution in [0.3, 0.4) is 0 Å². The highest BCUT2D eigenvalue weighted by atomic mass is 32.2. The Morgan fingerprint density at radius 3 is 2.79 bits per heavy atom. The number of hydrogen-bond donors (Lipinski definition) is 0. The molecule has 5 nitrogen and oxygen atoms in total. The number of hydrogen-bond acceptors (Lipinski definition) is 8. The van der Waals surface area contributed by atoms with Crippen LogP contribution in [-0.2, 0) is 24.0 Å². The van der Waals surface area contributed by atoms with Crippen LogP contribution < -0.4 is 0 Å². The van der Waals surface area contributed by atoms with Crippen LogP contribution in [0.5, 0.6) is 0 Å². The van der Waals surface area contributed by atoms with Gasteiger partial charge < -0.3 is 14.2 Å². The zero-order valence-corrected chi connectivity index (χ0v) is 19.6. The minimum absolute atomic E-state index is 0.105. The second kappa shape index (κ2) is 8.52. The van der Waals surface area contributed by atoms with E-state index in [0.29, 0.717) is 34.7 Å². The number of thiocarbonyl (C=S) groups is 1. The van der Waals surface area contributed by atoms with E-state index in [1.54, 1.807) is 0 Å². The second-order valence-corrected chi connectivity index (χ2v) is 11.4. The molecule has 5 rings (SSSR count). The van der Waals surface area contributed by atoms with E-state index in [-0.39, 0.29) is 11.7 Å². The van der Waals surface area contributed by atoms with Gasteiger partial charge in [0.1, 0.15) is 5.44 Å². The molecule has 8 atom stereocenters. The Kier molecular flexibility index (Phi) is 6.59. The van der Waals surface area contributed by atoms with Gasteiger partial charge in [-0.15, -0.1) is 11.8 Å². The summed E-state index contributed by atoms with van der Waals surface area (Å²) in [5.41, 5.74) is -0.355. The molecule has 1 aliphatic carbocycles. The van der Waals surface area contributed by atoms with Crippen molar-refractivity contribution in [3.05, 3.63) is 0 Å². The van der Waals surface area contributed by atoms with E-state index in [2.05, 4.69) is 13.8 Å². The molecule has 0 amide bonds. The quantitative estimate of drug-likeness (QED) is 0.331. The number of rotatable bonds is 5. The summed E-state index contributed by atoms with van der Waals surface area (Å²) in [6, 6.07) is 0. The van der Waals surface area contributed by atoms with Crippen LogP contribution in [-0.4, -0.2) is 46.1 Å². The molecular weight excluding hydrogens is 416 g/mol. The molecule has 0 aromatic rings. The average Bonchev–Trinajstić information content (AvgIpc) is 2.91. The minimum Gasteiger partial charge on any atom is -0.479 e. The van der Waals surface area contributed by atoms with E-state index in [0.717, 1.165) is 31.4 Å². The molecule has 0 N–H and O–H groups in total. The molecule has 160 valence electrons. The Hall–Kier alpha value is 0.430. The lowest BCUT2D eigenvalue weighted by atomic mass is 9.58. The molecule has 5 aliphatic rings. The third-order valence-electron chi connectivity index (χ3n) is 7.05. The highest BCUT2D eigenvalue weighted by Crippen LogP contribution is 2.61. The molecule has 4 heterocycles.